The fourth-order valence-electron chi connectivity index (χ4n) is 4.28. The summed E-state index contributed by atoms with van der Waals surface area (Å²) in [4.78, 5) is 28.1. The number of fused-ring (bicyclic) bond motifs is 1. The van der Waals surface area contributed by atoms with Crippen molar-refractivity contribution >= 4 is 5.91 Å². The maximum Gasteiger partial charge on any atom is 0.346 e. The van der Waals surface area contributed by atoms with Gasteiger partial charge in [-0.3, -0.25) is 9.36 Å². The molecule has 8 nitrogen and oxygen atoms in total. The molecule has 31 heavy (non-hydrogen) atoms. The van der Waals surface area contributed by atoms with Gasteiger partial charge in [-0.25, -0.2) is 9.48 Å². The first-order valence-electron chi connectivity index (χ1n) is 10.8. The van der Waals surface area contributed by atoms with Crippen molar-refractivity contribution in [1.29, 1.82) is 0 Å². The van der Waals surface area contributed by atoms with Gasteiger partial charge in [0, 0.05) is 31.6 Å². The SMILES string of the molecule is Cc1noc(C)c1CCC(=O)N1CCn2c(nn(CC(C)C)c2=O)C1c1ccccc1. The topological polar surface area (TPSA) is 86.2 Å². The van der Waals surface area contributed by atoms with E-state index in [9.17, 15) is 9.59 Å². The van der Waals surface area contributed by atoms with Crippen LogP contribution in [0, 0.1) is 19.8 Å². The summed E-state index contributed by atoms with van der Waals surface area (Å²) >= 11 is 0. The highest BCUT2D eigenvalue weighted by Crippen LogP contribution is 2.31. The van der Waals surface area contributed by atoms with Crippen molar-refractivity contribution in [3.63, 3.8) is 0 Å². The zero-order valence-corrected chi connectivity index (χ0v) is 18.5. The van der Waals surface area contributed by atoms with Gasteiger partial charge < -0.3 is 9.42 Å². The lowest BCUT2D eigenvalue weighted by molar-refractivity contribution is -0.134. The molecule has 0 saturated heterocycles. The van der Waals surface area contributed by atoms with E-state index in [4.69, 9.17) is 4.52 Å². The molecule has 3 aromatic rings. The number of aryl methyl sites for hydroxylation is 2. The Bertz CT molecular complexity index is 1110. The van der Waals surface area contributed by atoms with Crippen molar-refractivity contribution < 1.29 is 9.32 Å². The molecule has 164 valence electrons. The summed E-state index contributed by atoms with van der Waals surface area (Å²) in [5, 5.41) is 8.65. The normalized spacial score (nSPS) is 16.0. The predicted octanol–water partition coefficient (Wildman–Crippen LogP) is 2.87. The van der Waals surface area contributed by atoms with Crippen LogP contribution in [0.3, 0.4) is 0 Å². The van der Waals surface area contributed by atoms with Gasteiger partial charge >= 0.3 is 5.69 Å². The van der Waals surface area contributed by atoms with E-state index in [-0.39, 0.29) is 17.6 Å². The summed E-state index contributed by atoms with van der Waals surface area (Å²) in [6.07, 6.45) is 0.926. The number of amides is 1. The van der Waals surface area contributed by atoms with Crippen molar-refractivity contribution in [3.05, 3.63) is 69.2 Å². The molecule has 0 bridgehead atoms. The molecular weight excluding hydrogens is 394 g/mol. The number of carbonyl (C=O) groups excluding carboxylic acids is 1. The van der Waals surface area contributed by atoms with Crippen molar-refractivity contribution in [2.24, 2.45) is 5.92 Å². The lowest BCUT2D eigenvalue weighted by Crippen LogP contribution is -2.44. The molecule has 1 aromatic carbocycles. The Kier molecular flexibility index (Phi) is 5.80. The number of hydrogen-bond acceptors (Lipinski definition) is 5. The fraction of sp³-hybridized carbons (Fsp3) is 0.478. The van der Waals surface area contributed by atoms with Crippen molar-refractivity contribution in [1.82, 2.24) is 24.4 Å². The molecule has 8 heteroatoms. The van der Waals surface area contributed by atoms with E-state index >= 15 is 0 Å². The van der Waals surface area contributed by atoms with E-state index in [1.807, 2.05) is 49.1 Å². The second-order valence-corrected chi connectivity index (χ2v) is 8.57. The number of benzene rings is 1. The van der Waals surface area contributed by atoms with E-state index in [0.29, 0.717) is 44.2 Å². The molecule has 1 unspecified atom stereocenters. The molecule has 2 aromatic heterocycles. The van der Waals surface area contributed by atoms with Crippen LogP contribution in [-0.2, 0) is 24.3 Å². The molecule has 0 aliphatic carbocycles. The van der Waals surface area contributed by atoms with E-state index in [0.717, 1.165) is 22.6 Å². The maximum atomic E-state index is 13.3. The van der Waals surface area contributed by atoms with Gasteiger partial charge in [0.25, 0.3) is 0 Å². The van der Waals surface area contributed by atoms with E-state index in [1.54, 1.807) is 4.57 Å². The monoisotopic (exact) mass is 423 g/mol. The minimum atomic E-state index is -0.381. The van der Waals surface area contributed by atoms with Gasteiger partial charge in [-0.2, -0.15) is 5.10 Å². The summed E-state index contributed by atoms with van der Waals surface area (Å²) in [7, 11) is 0. The largest absolute Gasteiger partial charge is 0.361 e. The maximum absolute atomic E-state index is 13.3. The highest BCUT2D eigenvalue weighted by atomic mass is 16.5. The van der Waals surface area contributed by atoms with Crippen LogP contribution >= 0.6 is 0 Å². The van der Waals surface area contributed by atoms with Gasteiger partial charge in [-0.15, -0.1) is 0 Å². The molecule has 1 aliphatic rings. The highest BCUT2D eigenvalue weighted by molar-refractivity contribution is 5.77. The zero-order chi connectivity index (χ0) is 22.1. The van der Waals surface area contributed by atoms with E-state index < -0.39 is 0 Å². The fourth-order valence-corrected chi connectivity index (χ4v) is 4.28. The van der Waals surface area contributed by atoms with Gasteiger partial charge in [0.2, 0.25) is 5.91 Å². The number of nitrogens with zero attached hydrogens (tertiary/aromatic N) is 5. The van der Waals surface area contributed by atoms with Crippen LogP contribution in [0.5, 0.6) is 0 Å². The van der Waals surface area contributed by atoms with Crippen LogP contribution in [0.1, 0.15) is 54.7 Å². The number of hydrogen-bond donors (Lipinski definition) is 0. The molecule has 0 spiro atoms. The summed E-state index contributed by atoms with van der Waals surface area (Å²) in [5.74, 6) is 1.72. The van der Waals surface area contributed by atoms with Crippen LogP contribution in [0.4, 0.5) is 0 Å². The van der Waals surface area contributed by atoms with Gasteiger partial charge in [-0.1, -0.05) is 49.3 Å². The first-order chi connectivity index (χ1) is 14.9. The predicted molar refractivity (Wildman–Crippen MR) is 116 cm³/mol. The Morgan fingerprint density at radius 1 is 1.19 bits per heavy atom. The first kappa shape index (κ1) is 21.1. The Morgan fingerprint density at radius 3 is 2.58 bits per heavy atom. The van der Waals surface area contributed by atoms with Crippen LogP contribution in [-0.4, -0.2) is 36.9 Å². The van der Waals surface area contributed by atoms with E-state index in [1.165, 1.54) is 4.68 Å². The Hall–Kier alpha value is -3.16. The van der Waals surface area contributed by atoms with Gasteiger partial charge in [0.1, 0.15) is 11.8 Å². The third-order valence-corrected chi connectivity index (χ3v) is 5.82. The smallest absolute Gasteiger partial charge is 0.346 e. The number of rotatable bonds is 6. The van der Waals surface area contributed by atoms with Crippen LogP contribution in [0.15, 0.2) is 39.6 Å². The summed E-state index contributed by atoms with van der Waals surface area (Å²) in [6, 6.07) is 9.43. The molecule has 1 aliphatic heterocycles. The second-order valence-electron chi connectivity index (χ2n) is 8.57. The molecule has 0 N–H and O–H groups in total. The highest BCUT2D eigenvalue weighted by Gasteiger charge is 2.35. The first-order valence-corrected chi connectivity index (χ1v) is 10.8. The molecule has 1 amide bonds. The number of aromatic nitrogens is 4. The van der Waals surface area contributed by atoms with Crippen molar-refractivity contribution in [2.75, 3.05) is 6.54 Å². The number of carbonyl (C=O) groups is 1. The van der Waals surface area contributed by atoms with Gasteiger partial charge in [-0.05, 0) is 31.7 Å². The van der Waals surface area contributed by atoms with Crippen molar-refractivity contribution in [3.8, 4) is 0 Å². The summed E-state index contributed by atoms with van der Waals surface area (Å²) in [6.45, 7) is 9.36. The third-order valence-electron chi connectivity index (χ3n) is 5.82. The van der Waals surface area contributed by atoms with Crippen LogP contribution in [0.25, 0.3) is 0 Å². The average Bonchev–Trinajstić information content (AvgIpc) is 3.24. The Morgan fingerprint density at radius 2 is 1.94 bits per heavy atom. The lowest BCUT2D eigenvalue weighted by Gasteiger charge is -2.35. The molecule has 3 heterocycles. The Labute approximate surface area is 181 Å². The average molecular weight is 424 g/mol. The summed E-state index contributed by atoms with van der Waals surface area (Å²) < 4.78 is 8.49. The molecule has 1 atom stereocenters. The van der Waals surface area contributed by atoms with Crippen molar-refractivity contribution in [2.45, 2.75) is 59.7 Å². The standard InChI is InChI=1S/C23H29N5O3/c1-15(2)14-28-23(30)27-13-12-26(20(29)11-10-19-16(3)25-31-17(19)4)21(22(27)24-28)18-8-6-5-7-9-18/h5-9,15,21H,10-14H2,1-4H3. The Balaban J connectivity index is 1.66. The zero-order valence-electron chi connectivity index (χ0n) is 18.5. The van der Waals surface area contributed by atoms with Crippen LogP contribution in [0.2, 0.25) is 0 Å². The second kappa shape index (κ2) is 8.53. The van der Waals surface area contributed by atoms with Gasteiger partial charge in [0.15, 0.2) is 5.82 Å². The third kappa shape index (κ3) is 4.06. The lowest BCUT2D eigenvalue weighted by atomic mass is 10.0. The van der Waals surface area contributed by atoms with Gasteiger partial charge in [0.05, 0.1) is 5.69 Å². The molecule has 0 fully saturated rings. The van der Waals surface area contributed by atoms with E-state index in [2.05, 4.69) is 24.1 Å². The molecule has 0 saturated carbocycles. The minimum absolute atomic E-state index is 0.0333. The molecule has 4 rings (SSSR count). The minimum Gasteiger partial charge on any atom is -0.361 e. The molecule has 0 radical (unpaired) electrons. The van der Waals surface area contributed by atoms with Crippen LogP contribution < -0.4 is 5.69 Å². The quantitative estimate of drug-likeness (QED) is 0.609. The summed E-state index contributed by atoms with van der Waals surface area (Å²) in [5.41, 5.74) is 2.66. The molecular formula is C23H29N5O3.